The Morgan fingerprint density at radius 3 is 2.50 bits per heavy atom. The van der Waals surface area contributed by atoms with Crippen LogP contribution in [0.15, 0.2) is 40.8 Å². The van der Waals surface area contributed by atoms with Gasteiger partial charge in [-0.2, -0.15) is 0 Å². The molecule has 1 aromatic carbocycles. The Balaban J connectivity index is 1.51. The van der Waals surface area contributed by atoms with Crippen LogP contribution in [0.25, 0.3) is 11.3 Å². The average molecular weight is 358 g/mol. The van der Waals surface area contributed by atoms with Crippen molar-refractivity contribution in [3.63, 3.8) is 0 Å². The van der Waals surface area contributed by atoms with Gasteiger partial charge in [0.25, 0.3) is 5.91 Å². The first-order valence-corrected chi connectivity index (χ1v) is 9.06. The smallest absolute Gasteiger partial charge is 0.287 e. The molecule has 0 unspecified atom stereocenters. The molecule has 1 N–H and O–H groups in total. The van der Waals surface area contributed by atoms with Gasteiger partial charge in [-0.3, -0.25) is 9.59 Å². The van der Waals surface area contributed by atoms with Gasteiger partial charge in [-0.15, -0.1) is 0 Å². The molecule has 1 aliphatic rings. The van der Waals surface area contributed by atoms with Crippen LogP contribution in [0.2, 0.25) is 0 Å². The highest BCUT2D eigenvalue weighted by Gasteiger charge is 2.17. The molecule has 5 nitrogen and oxygen atoms in total. The minimum absolute atomic E-state index is 0.0682. The van der Waals surface area contributed by atoms with Crippen molar-refractivity contribution in [1.82, 2.24) is 10.2 Å². The maximum absolute atomic E-state index is 13.8. The van der Waals surface area contributed by atoms with Crippen LogP contribution < -0.4 is 5.32 Å². The zero-order chi connectivity index (χ0) is 18.4. The molecular formula is C20H23FN2O3. The number of hydrogen-bond acceptors (Lipinski definition) is 3. The third-order valence-electron chi connectivity index (χ3n) is 4.55. The van der Waals surface area contributed by atoms with Crippen molar-refractivity contribution in [2.24, 2.45) is 0 Å². The highest BCUT2D eigenvalue weighted by Crippen LogP contribution is 2.24. The van der Waals surface area contributed by atoms with Crippen LogP contribution in [0.1, 0.15) is 42.7 Å². The van der Waals surface area contributed by atoms with Crippen molar-refractivity contribution in [1.29, 1.82) is 0 Å². The quantitative estimate of drug-likeness (QED) is 0.888. The molecule has 0 bridgehead atoms. The van der Waals surface area contributed by atoms with E-state index in [1.807, 2.05) is 4.90 Å². The minimum Gasteiger partial charge on any atom is -0.451 e. The van der Waals surface area contributed by atoms with Crippen molar-refractivity contribution in [2.75, 3.05) is 19.6 Å². The molecule has 26 heavy (non-hydrogen) atoms. The highest BCUT2D eigenvalue weighted by atomic mass is 19.1. The van der Waals surface area contributed by atoms with Crippen LogP contribution in [0.4, 0.5) is 4.39 Å². The Hall–Kier alpha value is -2.63. The van der Waals surface area contributed by atoms with Crippen LogP contribution in [-0.4, -0.2) is 36.3 Å². The van der Waals surface area contributed by atoms with Gasteiger partial charge in [0.1, 0.15) is 11.6 Å². The van der Waals surface area contributed by atoms with Gasteiger partial charge >= 0.3 is 0 Å². The fraction of sp³-hybridized carbons (Fsp3) is 0.400. The number of nitrogens with one attached hydrogen (secondary N) is 1. The standard InChI is InChI=1S/C20H23FN2O3/c21-16-8-4-3-7-15(16)17-9-10-18(26-17)20(25)22-12-11-19(24)23-13-5-1-2-6-14-23/h3-4,7-10H,1-2,5-6,11-14H2,(H,22,25). The largest absolute Gasteiger partial charge is 0.451 e. The van der Waals surface area contributed by atoms with Gasteiger partial charge in [-0.05, 0) is 37.1 Å². The fourth-order valence-corrected chi connectivity index (χ4v) is 3.11. The second-order valence-electron chi connectivity index (χ2n) is 6.44. The Morgan fingerprint density at radius 1 is 1.04 bits per heavy atom. The first kappa shape index (κ1) is 18.2. The number of halogens is 1. The van der Waals surface area contributed by atoms with Crippen molar-refractivity contribution in [3.05, 3.63) is 48.0 Å². The third kappa shape index (κ3) is 4.50. The van der Waals surface area contributed by atoms with E-state index in [9.17, 15) is 14.0 Å². The molecule has 0 atom stereocenters. The lowest BCUT2D eigenvalue weighted by molar-refractivity contribution is -0.131. The lowest BCUT2D eigenvalue weighted by Gasteiger charge is -2.20. The van der Waals surface area contributed by atoms with Gasteiger partial charge < -0.3 is 14.6 Å². The Bertz CT molecular complexity index is 764. The lowest BCUT2D eigenvalue weighted by Crippen LogP contribution is -2.35. The molecule has 1 saturated heterocycles. The van der Waals surface area contributed by atoms with E-state index < -0.39 is 11.7 Å². The molecule has 2 heterocycles. The summed E-state index contributed by atoms with van der Waals surface area (Å²) in [5.41, 5.74) is 0.308. The normalized spacial score (nSPS) is 14.7. The van der Waals surface area contributed by atoms with E-state index in [-0.39, 0.29) is 24.6 Å². The first-order valence-electron chi connectivity index (χ1n) is 9.06. The molecule has 138 valence electrons. The molecule has 6 heteroatoms. The number of hydrogen-bond donors (Lipinski definition) is 1. The molecule has 0 radical (unpaired) electrons. The Morgan fingerprint density at radius 2 is 1.77 bits per heavy atom. The van der Waals surface area contributed by atoms with Gasteiger partial charge in [-0.1, -0.05) is 25.0 Å². The summed E-state index contributed by atoms with van der Waals surface area (Å²) < 4.78 is 19.2. The molecule has 0 aliphatic carbocycles. The van der Waals surface area contributed by atoms with E-state index >= 15 is 0 Å². The first-order chi connectivity index (χ1) is 12.6. The molecule has 1 aromatic heterocycles. The topological polar surface area (TPSA) is 62.6 Å². The summed E-state index contributed by atoms with van der Waals surface area (Å²) in [6.07, 6.45) is 4.70. The molecule has 0 spiro atoms. The summed E-state index contributed by atoms with van der Waals surface area (Å²) in [6.45, 7) is 1.86. The van der Waals surface area contributed by atoms with Gasteiger partial charge in [0.05, 0.1) is 5.56 Å². The maximum Gasteiger partial charge on any atom is 0.287 e. The second kappa shape index (κ2) is 8.65. The van der Waals surface area contributed by atoms with Gasteiger partial charge in [-0.25, -0.2) is 4.39 Å². The number of likely N-dealkylation sites (tertiary alicyclic amines) is 1. The number of amides is 2. The van der Waals surface area contributed by atoms with Crippen LogP contribution in [0.3, 0.4) is 0 Å². The van der Waals surface area contributed by atoms with E-state index in [1.165, 1.54) is 25.0 Å². The number of nitrogens with zero attached hydrogens (tertiary/aromatic N) is 1. The molecule has 1 aliphatic heterocycles. The van der Waals surface area contributed by atoms with Gasteiger partial charge in [0, 0.05) is 26.1 Å². The summed E-state index contributed by atoms with van der Waals surface area (Å²) in [5, 5.41) is 2.69. The molecular weight excluding hydrogens is 335 g/mol. The minimum atomic E-state index is -0.406. The predicted molar refractivity (Wildman–Crippen MR) is 96.1 cm³/mol. The highest BCUT2D eigenvalue weighted by molar-refractivity contribution is 5.92. The van der Waals surface area contributed by atoms with Crippen molar-refractivity contribution in [3.8, 4) is 11.3 Å². The van der Waals surface area contributed by atoms with Crippen molar-refractivity contribution in [2.45, 2.75) is 32.1 Å². The lowest BCUT2D eigenvalue weighted by atomic mass is 10.1. The van der Waals surface area contributed by atoms with Gasteiger partial charge in [0.15, 0.2) is 5.76 Å². The van der Waals surface area contributed by atoms with E-state index in [0.717, 1.165) is 25.9 Å². The maximum atomic E-state index is 13.8. The number of carbonyl (C=O) groups excluding carboxylic acids is 2. The number of benzene rings is 1. The fourth-order valence-electron chi connectivity index (χ4n) is 3.11. The zero-order valence-corrected chi connectivity index (χ0v) is 14.7. The van der Waals surface area contributed by atoms with E-state index in [2.05, 4.69) is 5.32 Å². The number of furan rings is 1. The van der Waals surface area contributed by atoms with Crippen molar-refractivity contribution >= 4 is 11.8 Å². The summed E-state index contributed by atoms with van der Waals surface area (Å²) in [4.78, 5) is 26.2. The second-order valence-corrected chi connectivity index (χ2v) is 6.44. The molecule has 3 rings (SSSR count). The summed E-state index contributed by atoms with van der Waals surface area (Å²) in [7, 11) is 0. The van der Waals surface area contributed by atoms with Crippen LogP contribution in [0, 0.1) is 5.82 Å². The molecule has 2 amide bonds. The van der Waals surface area contributed by atoms with E-state index in [0.29, 0.717) is 11.3 Å². The van der Waals surface area contributed by atoms with Crippen LogP contribution >= 0.6 is 0 Å². The van der Waals surface area contributed by atoms with E-state index in [1.54, 1.807) is 24.3 Å². The van der Waals surface area contributed by atoms with Gasteiger partial charge in [0.2, 0.25) is 5.91 Å². The SMILES string of the molecule is O=C(NCCC(=O)N1CCCCCC1)c1ccc(-c2ccccc2F)o1. The summed E-state index contributed by atoms with van der Waals surface area (Å²) >= 11 is 0. The van der Waals surface area contributed by atoms with Crippen molar-refractivity contribution < 1.29 is 18.4 Å². The Kier molecular flexibility index (Phi) is 6.04. The zero-order valence-electron chi connectivity index (χ0n) is 14.7. The number of carbonyl (C=O) groups is 2. The molecule has 0 saturated carbocycles. The van der Waals surface area contributed by atoms with E-state index in [4.69, 9.17) is 4.42 Å². The summed E-state index contributed by atoms with van der Waals surface area (Å²) in [6, 6.07) is 9.30. The van der Waals surface area contributed by atoms with Crippen LogP contribution in [0.5, 0.6) is 0 Å². The average Bonchev–Trinajstić information content (AvgIpc) is 2.97. The van der Waals surface area contributed by atoms with Crippen LogP contribution in [-0.2, 0) is 4.79 Å². The monoisotopic (exact) mass is 358 g/mol. The Labute approximate surface area is 152 Å². The third-order valence-corrected chi connectivity index (χ3v) is 4.55. The predicted octanol–water partition coefficient (Wildman–Crippen LogP) is 3.61. The molecule has 1 fully saturated rings. The number of rotatable bonds is 5. The molecule has 2 aromatic rings. The summed E-state index contributed by atoms with van der Waals surface area (Å²) in [5.74, 6) is -0.342.